The summed E-state index contributed by atoms with van der Waals surface area (Å²) in [5, 5.41) is 8.76. The summed E-state index contributed by atoms with van der Waals surface area (Å²) in [6.45, 7) is 3.69. The molecule has 3 amide bonds. The highest BCUT2D eigenvalue weighted by Crippen LogP contribution is 2.22. The molecule has 3 aromatic rings. The first-order chi connectivity index (χ1) is 18.1. The molecular formula is C30H34N4O3. The standard InChI is InChI=1S/C30H34N4O3/c35-29(31-19-22-34-20-7-8-21-34)18-15-26(23-24-9-3-1-4-10-24)33-30(36)32-25-13-16-28(17-14-25)37-27-11-5-2-6-12-27/h1-6,9-18,26H,7-8,19-23H2,(H,31,35)(H2,32,33,36)/b18-15+. The summed E-state index contributed by atoms with van der Waals surface area (Å²) in [6, 6.07) is 25.9. The van der Waals surface area contributed by atoms with Gasteiger partial charge in [0, 0.05) is 24.9 Å². The summed E-state index contributed by atoms with van der Waals surface area (Å²) in [5.74, 6) is 1.27. The zero-order valence-electron chi connectivity index (χ0n) is 20.9. The van der Waals surface area contributed by atoms with E-state index in [1.54, 1.807) is 30.3 Å². The van der Waals surface area contributed by atoms with Crippen LogP contribution in [0, 0.1) is 0 Å². The molecule has 0 aromatic heterocycles. The molecule has 1 aliphatic rings. The quantitative estimate of drug-likeness (QED) is 0.326. The minimum Gasteiger partial charge on any atom is -0.457 e. The first kappa shape index (κ1) is 26.0. The predicted octanol–water partition coefficient (Wildman–Crippen LogP) is 4.98. The second-order valence-electron chi connectivity index (χ2n) is 9.03. The van der Waals surface area contributed by atoms with Crippen molar-refractivity contribution in [3.05, 3.63) is 103 Å². The Balaban J connectivity index is 1.30. The van der Waals surface area contributed by atoms with Crippen molar-refractivity contribution >= 4 is 17.6 Å². The molecule has 37 heavy (non-hydrogen) atoms. The highest BCUT2D eigenvalue weighted by Gasteiger charge is 2.13. The molecule has 4 rings (SSSR count). The van der Waals surface area contributed by atoms with E-state index in [-0.39, 0.29) is 18.0 Å². The first-order valence-electron chi connectivity index (χ1n) is 12.8. The van der Waals surface area contributed by atoms with E-state index in [4.69, 9.17) is 4.74 Å². The van der Waals surface area contributed by atoms with Gasteiger partial charge in [0.25, 0.3) is 0 Å². The third-order valence-corrected chi connectivity index (χ3v) is 6.11. The van der Waals surface area contributed by atoms with Crippen LogP contribution >= 0.6 is 0 Å². The highest BCUT2D eigenvalue weighted by atomic mass is 16.5. The molecule has 192 valence electrons. The van der Waals surface area contributed by atoms with Crippen LogP contribution in [0.5, 0.6) is 11.5 Å². The van der Waals surface area contributed by atoms with Crippen LogP contribution in [0.4, 0.5) is 10.5 Å². The van der Waals surface area contributed by atoms with Crippen molar-refractivity contribution in [1.82, 2.24) is 15.5 Å². The molecule has 1 heterocycles. The number of carbonyl (C=O) groups is 2. The number of likely N-dealkylation sites (tertiary alicyclic amines) is 1. The van der Waals surface area contributed by atoms with Gasteiger partial charge in [0.1, 0.15) is 11.5 Å². The van der Waals surface area contributed by atoms with Crippen molar-refractivity contribution in [2.24, 2.45) is 0 Å². The molecule has 1 fully saturated rings. The number of ether oxygens (including phenoxy) is 1. The maximum Gasteiger partial charge on any atom is 0.319 e. The van der Waals surface area contributed by atoms with Crippen LogP contribution < -0.4 is 20.7 Å². The minimum absolute atomic E-state index is 0.159. The Labute approximate surface area is 218 Å². The largest absolute Gasteiger partial charge is 0.457 e. The van der Waals surface area contributed by atoms with Crippen LogP contribution in [0.1, 0.15) is 18.4 Å². The van der Waals surface area contributed by atoms with E-state index in [0.717, 1.165) is 30.9 Å². The number of carbonyl (C=O) groups excluding carboxylic acids is 2. The molecule has 0 spiro atoms. The lowest BCUT2D eigenvalue weighted by molar-refractivity contribution is -0.116. The fourth-order valence-corrected chi connectivity index (χ4v) is 4.21. The van der Waals surface area contributed by atoms with E-state index in [2.05, 4.69) is 20.9 Å². The van der Waals surface area contributed by atoms with E-state index >= 15 is 0 Å². The molecule has 0 bridgehead atoms. The fourth-order valence-electron chi connectivity index (χ4n) is 4.21. The molecule has 0 radical (unpaired) electrons. The summed E-state index contributed by atoms with van der Waals surface area (Å²) < 4.78 is 5.80. The Bertz CT molecular complexity index is 1140. The molecule has 1 saturated heterocycles. The van der Waals surface area contributed by atoms with Crippen LogP contribution in [0.2, 0.25) is 0 Å². The second-order valence-corrected chi connectivity index (χ2v) is 9.03. The summed E-state index contributed by atoms with van der Waals surface area (Å²) in [5.41, 5.74) is 1.70. The van der Waals surface area contributed by atoms with Gasteiger partial charge in [-0.15, -0.1) is 0 Å². The number of para-hydroxylation sites is 1. The van der Waals surface area contributed by atoms with Gasteiger partial charge in [-0.3, -0.25) is 4.79 Å². The zero-order valence-corrected chi connectivity index (χ0v) is 20.9. The lowest BCUT2D eigenvalue weighted by Crippen LogP contribution is -2.38. The fraction of sp³-hybridized carbons (Fsp3) is 0.267. The number of urea groups is 1. The average molecular weight is 499 g/mol. The molecule has 3 aromatic carbocycles. The first-order valence-corrected chi connectivity index (χ1v) is 12.8. The van der Waals surface area contributed by atoms with E-state index in [1.165, 1.54) is 18.9 Å². The molecule has 7 nitrogen and oxygen atoms in total. The number of anilines is 1. The van der Waals surface area contributed by atoms with Crippen molar-refractivity contribution in [2.75, 3.05) is 31.5 Å². The van der Waals surface area contributed by atoms with E-state index in [1.807, 2.05) is 60.7 Å². The van der Waals surface area contributed by atoms with Gasteiger partial charge in [-0.1, -0.05) is 54.6 Å². The number of benzene rings is 3. The highest BCUT2D eigenvalue weighted by molar-refractivity contribution is 5.90. The Kier molecular flexibility index (Phi) is 9.72. The van der Waals surface area contributed by atoms with Gasteiger partial charge < -0.3 is 25.6 Å². The molecule has 7 heteroatoms. The number of hydrogen-bond donors (Lipinski definition) is 3. The maximum absolute atomic E-state index is 12.8. The zero-order chi connectivity index (χ0) is 25.7. The predicted molar refractivity (Wildman–Crippen MR) is 147 cm³/mol. The third-order valence-electron chi connectivity index (χ3n) is 6.11. The SMILES string of the molecule is O=C(/C=C/C(Cc1ccccc1)NC(=O)Nc1ccc(Oc2ccccc2)cc1)NCCN1CCCC1. The van der Waals surface area contributed by atoms with E-state index < -0.39 is 0 Å². The Morgan fingerprint density at radius 1 is 0.865 bits per heavy atom. The Morgan fingerprint density at radius 3 is 2.22 bits per heavy atom. The number of hydrogen-bond acceptors (Lipinski definition) is 4. The molecule has 1 aliphatic heterocycles. The van der Waals surface area contributed by atoms with Crippen molar-refractivity contribution in [1.29, 1.82) is 0 Å². The summed E-state index contributed by atoms with van der Waals surface area (Å²) >= 11 is 0. The molecule has 1 unspecified atom stereocenters. The van der Waals surface area contributed by atoms with Crippen LogP contribution in [0.15, 0.2) is 97.1 Å². The molecule has 3 N–H and O–H groups in total. The number of nitrogens with one attached hydrogen (secondary N) is 3. The molecular weight excluding hydrogens is 464 g/mol. The van der Waals surface area contributed by atoms with Gasteiger partial charge in [-0.05, 0) is 74.3 Å². The van der Waals surface area contributed by atoms with Crippen molar-refractivity contribution < 1.29 is 14.3 Å². The van der Waals surface area contributed by atoms with Crippen LogP contribution in [-0.4, -0.2) is 49.1 Å². The summed E-state index contributed by atoms with van der Waals surface area (Å²) in [4.78, 5) is 27.5. The van der Waals surface area contributed by atoms with Crippen molar-refractivity contribution in [3.8, 4) is 11.5 Å². The third kappa shape index (κ3) is 9.13. The van der Waals surface area contributed by atoms with Crippen molar-refractivity contribution in [3.63, 3.8) is 0 Å². The average Bonchev–Trinajstić information content (AvgIpc) is 3.43. The van der Waals surface area contributed by atoms with Crippen molar-refractivity contribution in [2.45, 2.75) is 25.3 Å². The van der Waals surface area contributed by atoms with Gasteiger partial charge in [-0.2, -0.15) is 0 Å². The van der Waals surface area contributed by atoms with E-state index in [0.29, 0.717) is 24.4 Å². The normalized spacial score (nSPS) is 14.3. The second kappa shape index (κ2) is 13.8. The number of rotatable bonds is 11. The Morgan fingerprint density at radius 2 is 1.51 bits per heavy atom. The van der Waals surface area contributed by atoms with Gasteiger partial charge in [-0.25, -0.2) is 4.79 Å². The lowest BCUT2D eigenvalue weighted by Gasteiger charge is -2.17. The van der Waals surface area contributed by atoms with Crippen LogP contribution in [-0.2, 0) is 11.2 Å². The van der Waals surface area contributed by atoms with Gasteiger partial charge in [0.2, 0.25) is 5.91 Å². The molecule has 0 saturated carbocycles. The van der Waals surface area contributed by atoms with Crippen LogP contribution in [0.3, 0.4) is 0 Å². The molecule has 0 aliphatic carbocycles. The summed E-state index contributed by atoms with van der Waals surface area (Å²) in [6.07, 6.45) is 6.28. The molecule has 1 atom stereocenters. The lowest BCUT2D eigenvalue weighted by atomic mass is 10.1. The smallest absolute Gasteiger partial charge is 0.319 e. The monoisotopic (exact) mass is 498 g/mol. The Hall–Kier alpha value is -4.10. The number of nitrogens with zero attached hydrogens (tertiary/aromatic N) is 1. The van der Waals surface area contributed by atoms with Gasteiger partial charge in [0.05, 0.1) is 6.04 Å². The van der Waals surface area contributed by atoms with Crippen LogP contribution in [0.25, 0.3) is 0 Å². The van der Waals surface area contributed by atoms with E-state index in [9.17, 15) is 9.59 Å². The van der Waals surface area contributed by atoms with Gasteiger partial charge in [0.15, 0.2) is 0 Å². The summed E-state index contributed by atoms with van der Waals surface area (Å²) in [7, 11) is 0. The number of amides is 3. The van der Waals surface area contributed by atoms with Gasteiger partial charge >= 0.3 is 6.03 Å². The minimum atomic E-state index is -0.354. The topological polar surface area (TPSA) is 82.7 Å². The maximum atomic E-state index is 12.8.